The van der Waals surface area contributed by atoms with Gasteiger partial charge in [-0.05, 0) is 41.7 Å². The molecule has 0 aliphatic carbocycles. The molecule has 16 heteroatoms. The Morgan fingerprint density at radius 1 is 0.883 bits per heavy atom. The molecule has 5 aromatic rings. The summed E-state index contributed by atoms with van der Waals surface area (Å²) in [5.74, 6) is -4.19. The van der Waals surface area contributed by atoms with Gasteiger partial charge in [0.05, 0.1) is 5.56 Å². The second-order valence-electron chi connectivity index (χ2n) is 14.0. The van der Waals surface area contributed by atoms with Crippen molar-refractivity contribution in [2.45, 2.75) is 29.9 Å². The molecule has 8 rings (SSSR count). The van der Waals surface area contributed by atoms with Crippen LogP contribution in [0.15, 0.2) is 148 Å². The van der Waals surface area contributed by atoms with E-state index in [2.05, 4.69) is 20.8 Å². The lowest BCUT2D eigenvalue weighted by Crippen LogP contribution is -2.71. The fourth-order valence-electron chi connectivity index (χ4n) is 7.63. The number of nitrogens with two attached hydrogens (primary N) is 1. The average molecular weight is 841 g/mol. The van der Waals surface area contributed by atoms with Crippen molar-refractivity contribution in [3.05, 3.63) is 177 Å². The number of benzene rings is 4. The van der Waals surface area contributed by atoms with Gasteiger partial charge in [0.25, 0.3) is 11.8 Å². The molecule has 0 spiro atoms. The average Bonchev–Trinajstić information content (AvgIpc) is 3.91. The normalized spacial score (nSPS) is 18.6. The van der Waals surface area contributed by atoms with E-state index in [1.165, 1.54) is 23.9 Å². The van der Waals surface area contributed by atoms with Crippen LogP contribution in [0.1, 0.15) is 44.7 Å². The highest BCUT2D eigenvalue weighted by Crippen LogP contribution is 2.44. The highest BCUT2D eigenvalue weighted by molar-refractivity contribution is 8.00. The standard InChI is InChI=1S/C44H36N6O8S2/c45-43-47-33(24-60-43)34(49-58-44(27-10-4-1-5-11-27,28-12-6-2-7-13-28)29-14-8-3-9-15-29)38(52)48-35-39(53)50-36(42(56)57)32(23-59-40(35)50)31(30-20-21-46-37(30)51)22-25-16-18-26(19-17-25)41(54)55/h1-19,24,35,40H,20-23H2,(H2,45,47)(H,46,51)(H,48,52)(H,54,55)(H,56,57)/t35-,40-/m1/s1. The van der Waals surface area contributed by atoms with E-state index in [9.17, 15) is 34.2 Å². The number of aromatic carboxylic acids is 1. The highest BCUT2D eigenvalue weighted by atomic mass is 32.2. The molecule has 1 aromatic heterocycles. The van der Waals surface area contributed by atoms with Crippen molar-refractivity contribution in [3.8, 4) is 0 Å². The summed E-state index contributed by atoms with van der Waals surface area (Å²) in [6.07, 6.45) is 0.457. The van der Waals surface area contributed by atoms with Gasteiger partial charge < -0.3 is 31.4 Å². The monoisotopic (exact) mass is 840 g/mol. The minimum absolute atomic E-state index is 0.0771. The van der Waals surface area contributed by atoms with E-state index >= 15 is 0 Å². The van der Waals surface area contributed by atoms with E-state index in [1.807, 2.05) is 91.0 Å². The van der Waals surface area contributed by atoms with Gasteiger partial charge in [0, 0.05) is 39.9 Å². The number of nitrogens with zero attached hydrogens (tertiary/aromatic N) is 3. The van der Waals surface area contributed by atoms with Gasteiger partial charge in [0.15, 0.2) is 10.8 Å². The SMILES string of the molecule is Nc1nc(C(=NOC(c2ccccc2)(c2ccccc2)c2ccccc2)C(=O)N[C@@H]2C(=O)N3C(C(=O)O)=C(C(Cc4ccc(C(=O)O)cc4)=C4CCNC4=O)CS[C@H]23)cs1. The van der Waals surface area contributed by atoms with Crippen molar-refractivity contribution in [3.63, 3.8) is 0 Å². The number of carboxylic acid groups (broad SMARTS) is 2. The van der Waals surface area contributed by atoms with Gasteiger partial charge >= 0.3 is 11.9 Å². The van der Waals surface area contributed by atoms with Gasteiger partial charge in [-0.2, -0.15) is 0 Å². The molecule has 3 aliphatic rings. The summed E-state index contributed by atoms with van der Waals surface area (Å²) in [4.78, 5) is 78.0. The van der Waals surface area contributed by atoms with Crippen molar-refractivity contribution in [1.29, 1.82) is 0 Å². The molecule has 2 saturated heterocycles. The number of carbonyl (C=O) groups excluding carboxylic acids is 3. The van der Waals surface area contributed by atoms with Crippen LogP contribution in [-0.2, 0) is 36.0 Å². The molecule has 3 amide bonds. The number of hydrogen-bond donors (Lipinski definition) is 5. The largest absolute Gasteiger partial charge is 0.478 e. The number of allylic oxidation sites excluding steroid dienone is 1. The predicted octanol–water partition coefficient (Wildman–Crippen LogP) is 4.93. The molecule has 0 bridgehead atoms. The molecule has 6 N–H and O–H groups in total. The summed E-state index contributed by atoms with van der Waals surface area (Å²) >= 11 is 2.33. The molecule has 2 atom stereocenters. The number of rotatable bonds is 13. The van der Waals surface area contributed by atoms with Crippen LogP contribution in [0.4, 0.5) is 5.13 Å². The molecule has 0 radical (unpaired) electrons. The smallest absolute Gasteiger partial charge is 0.352 e. The molecule has 2 fully saturated rings. The Labute approximate surface area is 351 Å². The molecule has 3 aliphatic heterocycles. The highest BCUT2D eigenvalue weighted by Gasteiger charge is 2.55. The van der Waals surface area contributed by atoms with E-state index in [0.717, 1.165) is 32.9 Å². The molecule has 4 heterocycles. The Hall–Kier alpha value is -7.04. The van der Waals surface area contributed by atoms with Crippen molar-refractivity contribution in [2.24, 2.45) is 5.16 Å². The summed E-state index contributed by atoms with van der Waals surface area (Å²) in [7, 11) is 0. The second-order valence-corrected chi connectivity index (χ2v) is 16.0. The first-order valence-electron chi connectivity index (χ1n) is 18.8. The van der Waals surface area contributed by atoms with Gasteiger partial charge in [-0.25, -0.2) is 14.6 Å². The number of β-lactam (4-membered cyclic amide) rings is 1. The van der Waals surface area contributed by atoms with E-state index in [4.69, 9.17) is 10.6 Å². The van der Waals surface area contributed by atoms with Crippen molar-refractivity contribution in [1.82, 2.24) is 20.5 Å². The fourth-order valence-corrected chi connectivity index (χ4v) is 9.56. The van der Waals surface area contributed by atoms with Crippen LogP contribution >= 0.6 is 23.1 Å². The molecule has 302 valence electrons. The quantitative estimate of drug-likeness (QED) is 0.0352. The Morgan fingerprint density at radius 3 is 1.98 bits per heavy atom. The summed E-state index contributed by atoms with van der Waals surface area (Å²) in [5, 5.41) is 31.0. The maximum Gasteiger partial charge on any atom is 0.352 e. The molecule has 14 nitrogen and oxygen atoms in total. The first-order valence-corrected chi connectivity index (χ1v) is 20.7. The third-order valence-electron chi connectivity index (χ3n) is 10.5. The zero-order valence-corrected chi connectivity index (χ0v) is 33.2. The maximum absolute atomic E-state index is 14.4. The number of nitrogen functional groups attached to an aromatic ring is 1. The van der Waals surface area contributed by atoms with Gasteiger partial charge in [0.2, 0.25) is 11.5 Å². The first-order chi connectivity index (χ1) is 29.1. The van der Waals surface area contributed by atoms with Crippen LogP contribution in [-0.4, -0.2) is 79.2 Å². The van der Waals surface area contributed by atoms with E-state index < -0.39 is 40.8 Å². The summed E-state index contributed by atoms with van der Waals surface area (Å²) in [5.41, 5.74) is 8.25. The minimum atomic E-state index is -1.38. The van der Waals surface area contributed by atoms with E-state index in [-0.39, 0.29) is 45.9 Å². The summed E-state index contributed by atoms with van der Waals surface area (Å²) < 4.78 is 0. The Bertz CT molecular complexity index is 2500. The summed E-state index contributed by atoms with van der Waals surface area (Å²) in [6, 6.07) is 33.2. The number of hydrogen-bond acceptors (Lipinski definition) is 11. The number of aliphatic carboxylic acids is 1. The zero-order valence-electron chi connectivity index (χ0n) is 31.6. The molecular weight excluding hydrogens is 805 g/mol. The number of anilines is 1. The molecular formula is C44H36N6O8S2. The second kappa shape index (κ2) is 16.7. The number of aromatic nitrogens is 1. The molecule has 0 unspecified atom stereocenters. The van der Waals surface area contributed by atoms with E-state index in [1.54, 1.807) is 17.5 Å². The molecule has 4 aromatic carbocycles. The summed E-state index contributed by atoms with van der Waals surface area (Å²) in [6.45, 7) is 0.360. The number of carboxylic acids is 2. The first kappa shape index (κ1) is 39.8. The Kier molecular flexibility index (Phi) is 11.1. The maximum atomic E-state index is 14.4. The molecule has 0 saturated carbocycles. The lowest BCUT2D eigenvalue weighted by molar-refractivity contribution is -0.150. The number of carbonyl (C=O) groups is 5. The number of amides is 3. The number of nitrogens with one attached hydrogen (secondary N) is 2. The van der Waals surface area contributed by atoms with Crippen molar-refractivity contribution >= 4 is 63.6 Å². The number of oxime groups is 1. The predicted molar refractivity (Wildman–Crippen MR) is 225 cm³/mol. The van der Waals surface area contributed by atoms with Crippen LogP contribution < -0.4 is 16.4 Å². The van der Waals surface area contributed by atoms with Crippen molar-refractivity contribution < 1.29 is 39.0 Å². The number of thioether (sulfide) groups is 1. The van der Waals surface area contributed by atoms with Crippen LogP contribution in [0, 0.1) is 0 Å². The van der Waals surface area contributed by atoms with Gasteiger partial charge in [-0.15, -0.1) is 23.1 Å². The number of fused-ring (bicyclic) bond motifs is 1. The van der Waals surface area contributed by atoms with Gasteiger partial charge in [-0.3, -0.25) is 19.3 Å². The minimum Gasteiger partial charge on any atom is -0.478 e. The van der Waals surface area contributed by atoms with Gasteiger partial charge in [0.1, 0.15) is 22.8 Å². The third-order valence-corrected chi connectivity index (χ3v) is 12.5. The Balaban J connectivity index is 1.13. The van der Waals surface area contributed by atoms with Gasteiger partial charge in [-0.1, -0.05) is 108 Å². The zero-order chi connectivity index (χ0) is 42.0. The Morgan fingerprint density at radius 2 is 1.48 bits per heavy atom. The lowest BCUT2D eigenvalue weighted by atomic mass is 9.80. The fraction of sp³-hybridized carbons (Fsp3) is 0.159. The topological polar surface area (TPSA) is 214 Å². The third kappa shape index (κ3) is 7.42. The lowest BCUT2D eigenvalue weighted by Gasteiger charge is -2.49. The van der Waals surface area contributed by atoms with Crippen LogP contribution in [0.5, 0.6) is 0 Å². The van der Waals surface area contributed by atoms with Crippen LogP contribution in [0.3, 0.4) is 0 Å². The van der Waals surface area contributed by atoms with Crippen LogP contribution in [0.25, 0.3) is 0 Å². The van der Waals surface area contributed by atoms with Crippen LogP contribution in [0.2, 0.25) is 0 Å². The van der Waals surface area contributed by atoms with E-state index in [0.29, 0.717) is 35.2 Å². The molecule has 60 heavy (non-hydrogen) atoms. The number of thiazole rings is 1. The van der Waals surface area contributed by atoms with Crippen molar-refractivity contribution in [2.75, 3.05) is 18.0 Å².